The fourth-order valence-corrected chi connectivity index (χ4v) is 9.47. The number of carboxylic acids is 1. The lowest BCUT2D eigenvalue weighted by Crippen LogP contribution is -2.58. The van der Waals surface area contributed by atoms with Crippen LogP contribution >= 0.6 is 11.8 Å². The van der Waals surface area contributed by atoms with Gasteiger partial charge in [-0.25, -0.2) is 0 Å². The number of thioether (sulfide) groups is 1. The third-order valence-corrected chi connectivity index (χ3v) is 10.9. The number of hydrogen-bond donors (Lipinski definition) is 2. The Labute approximate surface area is 233 Å². The number of likely N-dealkylation sites (tertiary alicyclic amines) is 1. The maximum atomic E-state index is 14.8. The molecule has 3 heterocycles. The Morgan fingerprint density at radius 1 is 1.21 bits per heavy atom. The van der Waals surface area contributed by atoms with E-state index in [4.69, 9.17) is 0 Å². The van der Waals surface area contributed by atoms with Gasteiger partial charge in [0, 0.05) is 17.0 Å². The van der Waals surface area contributed by atoms with Gasteiger partial charge in [-0.05, 0) is 62.8 Å². The van der Waals surface area contributed by atoms with Crippen LogP contribution in [0.5, 0.6) is 0 Å². The second-order valence-corrected chi connectivity index (χ2v) is 13.3. The quantitative estimate of drug-likeness (QED) is 0.460. The molecule has 0 saturated carbocycles. The van der Waals surface area contributed by atoms with Crippen LogP contribution in [0.3, 0.4) is 0 Å². The fraction of sp³-hybridized carbons (Fsp3) is 0.452. The van der Waals surface area contributed by atoms with E-state index in [1.54, 1.807) is 15.9 Å². The number of aliphatic hydroxyl groups excluding tert-OH is 1. The molecular weight excluding hydrogens is 512 g/mol. The van der Waals surface area contributed by atoms with Crippen LogP contribution < -0.4 is 4.90 Å². The van der Waals surface area contributed by atoms with Crippen molar-refractivity contribution in [1.82, 2.24) is 4.90 Å². The summed E-state index contributed by atoms with van der Waals surface area (Å²) >= 11 is 1.51. The number of aliphatic carboxylic acids is 1. The average Bonchev–Trinajstić information content (AvgIpc) is 3.48. The van der Waals surface area contributed by atoms with Crippen LogP contribution in [0.25, 0.3) is 0 Å². The Morgan fingerprint density at radius 2 is 1.92 bits per heavy atom. The van der Waals surface area contributed by atoms with Gasteiger partial charge in [-0.1, -0.05) is 48.5 Å². The molecule has 3 aliphatic heterocycles. The number of rotatable bonds is 9. The highest BCUT2D eigenvalue weighted by Crippen LogP contribution is 2.71. The standard InChI is InChI=1S/C31H36N2O5S/c1-5-15-32(23-16-19(2)11-12-20(23)3)28(36)26-31-14-13-30(4,39-31)25(29(37)38)24(31)27(35)33(26)22(18-34)17-21-9-7-6-8-10-21/h5-12,16,22,24-26,34H,1,13-15,17-18H2,2-4H3,(H,37,38)/t22-,24+,25-,26?,30+,31?/m1/s1. The summed E-state index contributed by atoms with van der Waals surface area (Å²) in [6.45, 7) is 9.63. The molecule has 2 N–H and O–H groups in total. The van der Waals surface area contributed by atoms with Crippen molar-refractivity contribution in [2.24, 2.45) is 11.8 Å². The number of carbonyl (C=O) groups is 3. The number of aryl methyl sites for hydroxylation is 2. The summed E-state index contributed by atoms with van der Waals surface area (Å²) in [5.74, 6) is -3.32. The first-order valence-electron chi connectivity index (χ1n) is 13.5. The number of carboxylic acid groups (broad SMARTS) is 1. The molecule has 7 nitrogen and oxygen atoms in total. The maximum Gasteiger partial charge on any atom is 0.308 e. The second-order valence-electron chi connectivity index (χ2n) is 11.4. The summed E-state index contributed by atoms with van der Waals surface area (Å²) in [4.78, 5) is 44.9. The molecule has 206 valence electrons. The highest BCUT2D eigenvalue weighted by molar-refractivity contribution is 8.02. The van der Waals surface area contributed by atoms with Crippen LogP contribution in [0.15, 0.2) is 61.2 Å². The Bertz CT molecular complexity index is 1320. The van der Waals surface area contributed by atoms with Crippen molar-refractivity contribution in [1.29, 1.82) is 0 Å². The Balaban J connectivity index is 1.65. The number of nitrogens with zero attached hydrogens (tertiary/aromatic N) is 2. The zero-order valence-corrected chi connectivity index (χ0v) is 23.5. The van der Waals surface area contributed by atoms with E-state index in [0.29, 0.717) is 19.3 Å². The van der Waals surface area contributed by atoms with Crippen molar-refractivity contribution < 1.29 is 24.6 Å². The van der Waals surface area contributed by atoms with E-state index < -0.39 is 39.4 Å². The monoisotopic (exact) mass is 548 g/mol. The molecule has 2 aromatic carbocycles. The molecule has 8 heteroatoms. The number of benzene rings is 2. The van der Waals surface area contributed by atoms with Crippen LogP contribution in [-0.2, 0) is 20.8 Å². The molecule has 2 unspecified atom stereocenters. The summed E-state index contributed by atoms with van der Waals surface area (Å²) in [5, 5.41) is 20.9. The minimum absolute atomic E-state index is 0.245. The van der Waals surface area contributed by atoms with E-state index in [-0.39, 0.29) is 25.0 Å². The third kappa shape index (κ3) is 4.28. The molecule has 3 fully saturated rings. The van der Waals surface area contributed by atoms with Crippen molar-refractivity contribution in [3.8, 4) is 0 Å². The van der Waals surface area contributed by atoms with Gasteiger partial charge in [-0.3, -0.25) is 14.4 Å². The summed E-state index contributed by atoms with van der Waals surface area (Å²) < 4.78 is -1.51. The van der Waals surface area contributed by atoms with Crippen molar-refractivity contribution in [3.05, 3.63) is 77.9 Å². The van der Waals surface area contributed by atoms with E-state index in [0.717, 1.165) is 22.4 Å². The number of anilines is 1. The molecule has 39 heavy (non-hydrogen) atoms. The first-order valence-corrected chi connectivity index (χ1v) is 14.3. The van der Waals surface area contributed by atoms with Crippen molar-refractivity contribution >= 4 is 35.2 Å². The molecule has 2 bridgehead atoms. The first kappa shape index (κ1) is 27.5. The Kier molecular flexibility index (Phi) is 7.14. The van der Waals surface area contributed by atoms with Crippen molar-refractivity contribution in [2.75, 3.05) is 18.1 Å². The van der Waals surface area contributed by atoms with Crippen molar-refractivity contribution in [2.45, 2.75) is 61.6 Å². The van der Waals surface area contributed by atoms with Crippen LogP contribution in [-0.4, -0.2) is 67.6 Å². The zero-order valence-electron chi connectivity index (χ0n) is 22.7. The lowest BCUT2D eigenvalue weighted by molar-refractivity contribution is -0.150. The molecule has 5 rings (SSSR count). The molecule has 3 aliphatic rings. The molecule has 2 aromatic rings. The minimum Gasteiger partial charge on any atom is -0.481 e. The molecule has 2 amide bonds. The van der Waals surface area contributed by atoms with E-state index >= 15 is 0 Å². The lowest BCUT2D eigenvalue weighted by atomic mass is 9.66. The smallest absolute Gasteiger partial charge is 0.308 e. The maximum absolute atomic E-state index is 14.8. The van der Waals surface area contributed by atoms with Gasteiger partial charge in [0.15, 0.2) is 0 Å². The topological polar surface area (TPSA) is 98.2 Å². The van der Waals surface area contributed by atoms with Gasteiger partial charge in [-0.2, -0.15) is 0 Å². The Morgan fingerprint density at radius 3 is 2.56 bits per heavy atom. The largest absolute Gasteiger partial charge is 0.481 e. The predicted molar refractivity (Wildman–Crippen MR) is 153 cm³/mol. The van der Waals surface area contributed by atoms with Gasteiger partial charge in [-0.15, -0.1) is 18.3 Å². The van der Waals surface area contributed by atoms with E-state index in [1.807, 2.05) is 69.3 Å². The highest BCUT2D eigenvalue weighted by atomic mass is 32.2. The first-order chi connectivity index (χ1) is 18.6. The summed E-state index contributed by atoms with van der Waals surface area (Å²) in [6, 6.07) is 13.9. The predicted octanol–water partition coefficient (Wildman–Crippen LogP) is 3.99. The van der Waals surface area contributed by atoms with Gasteiger partial charge >= 0.3 is 5.97 Å². The number of aliphatic hydroxyl groups is 1. The summed E-state index contributed by atoms with van der Waals surface area (Å²) in [6.07, 6.45) is 3.22. The van der Waals surface area contributed by atoms with Gasteiger partial charge in [0.2, 0.25) is 5.91 Å². The van der Waals surface area contributed by atoms with E-state index in [2.05, 4.69) is 6.58 Å². The molecule has 6 atom stereocenters. The van der Waals surface area contributed by atoms with Gasteiger partial charge in [0.1, 0.15) is 6.04 Å². The number of fused-ring (bicyclic) bond motifs is 1. The zero-order chi connectivity index (χ0) is 28.1. The lowest BCUT2D eigenvalue weighted by Gasteiger charge is -2.40. The molecule has 0 aliphatic carbocycles. The van der Waals surface area contributed by atoms with Crippen LogP contribution in [0.1, 0.15) is 36.5 Å². The summed E-state index contributed by atoms with van der Waals surface area (Å²) in [7, 11) is 0. The molecule has 0 aromatic heterocycles. The van der Waals surface area contributed by atoms with Gasteiger partial charge in [0.25, 0.3) is 5.91 Å². The molecular formula is C31H36N2O5S. The normalized spacial score (nSPS) is 29.8. The van der Waals surface area contributed by atoms with Gasteiger partial charge in [0.05, 0.1) is 29.2 Å². The molecule has 3 saturated heterocycles. The third-order valence-electron chi connectivity index (χ3n) is 8.87. The minimum atomic E-state index is -1.00. The number of carbonyl (C=O) groups excluding carboxylic acids is 2. The van der Waals surface area contributed by atoms with Crippen LogP contribution in [0.4, 0.5) is 5.69 Å². The van der Waals surface area contributed by atoms with Crippen molar-refractivity contribution in [3.63, 3.8) is 0 Å². The molecule has 0 radical (unpaired) electrons. The summed E-state index contributed by atoms with van der Waals surface area (Å²) in [5.41, 5.74) is 3.60. The number of amides is 2. The fourth-order valence-electron chi connectivity index (χ4n) is 7.14. The Hall–Kier alpha value is -3.10. The average molecular weight is 549 g/mol. The van der Waals surface area contributed by atoms with Gasteiger partial charge < -0.3 is 20.0 Å². The molecule has 1 spiro atoms. The second kappa shape index (κ2) is 10.1. The highest BCUT2D eigenvalue weighted by Gasteiger charge is 2.78. The number of hydrogen-bond acceptors (Lipinski definition) is 5. The SMILES string of the molecule is C=CCN(C(=O)C1N([C@@H](CO)Cc2ccccc2)C(=O)[C@@H]2[C@H](C(=O)O)[C@]3(C)CCC12S3)c1cc(C)ccc1C. The van der Waals surface area contributed by atoms with E-state index in [9.17, 15) is 24.6 Å². The van der Waals surface area contributed by atoms with E-state index in [1.165, 1.54) is 11.8 Å². The van der Waals surface area contributed by atoms with Crippen LogP contribution in [0.2, 0.25) is 0 Å². The van der Waals surface area contributed by atoms with Crippen LogP contribution in [0, 0.1) is 25.7 Å².